The van der Waals surface area contributed by atoms with Crippen LogP contribution in [0.1, 0.15) is 38.8 Å². The van der Waals surface area contributed by atoms with E-state index in [4.69, 9.17) is 9.15 Å². The molecule has 6 heteroatoms. The van der Waals surface area contributed by atoms with Crippen molar-refractivity contribution < 1.29 is 13.9 Å². The van der Waals surface area contributed by atoms with E-state index >= 15 is 0 Å². The van der Waals surface area contributed by atoms with Gasteiger partial charge in [-0.15, -0.1) is 0 Å². The van der Waals surface area contributed by atoms with Gasteiger partial charge in [0.1, 0.15) is 18.1 Å². The van der Waals surface area contributed by atoms with Gasteiger partial charge in [-0.05, 0) is 43.7 Å². The van der Waals surface area contributed by atoms with Gasteiger partial charge in [0.05, 0.1) is 12.2 Å². The number of amides is 1. The summed E-state index contributed by atoms with van der Waals surface area (Å²) in [6.45, 7) is 5.34. The average Bonchev–Trinajstić information content (AvgIpc) is 3.37. The monoisotopic (exact) mass is 415 g/mol. The van der Waals surface area contributed by atoms with Crippen molar-refractivity contribution in [3.63, 3.8) is 0 Å². The average molecular weight is 415 g/mol. The van der Waals surface area contributed by atoms with Crippen LogP contribution < -0.4 is 10.1 Å². The molecule has 158 valence electrons. The van der Waals surface area contributed by atoms with Crippen molar-refractivity contribution in [2.45, 2.75) is 33.5 Å². The van der Waals surface area contributed by atoms with E-state index < -0.39 is 0 Å². The van der Waals surface area contributed by atoms with E-state index in [1.54, 1.807) is 12.1 Å². The van der Waals surface area contributed by atoms with Crippen LogP contribution in [-0.2, 0) is 19.7 Å². The summed E-state index contributed by atoms with van der Waals surface area (Å²) in [4.78, 5) is 12.6. The van der Waals surface area contributed by atoms with Crippen molar-refractivity contribution in [3.8, 4) is 5.75 Å². The molecule has 1 amide bonds. The van der Waals surface area contributed by atoms with Crippen molar-refractivity contribution in [1.82, 2.24) is 15.1 Å². The molecule has 0 saturated heterocycles. The maximum absolute atomic E-state index is 12.6. The van der Waals surface area contributed by atoms with E-state index in [0.29, 0.717) is 18.8 Å². The molecule has 6 nitrogen and oxygen atoms in total. The third-order valence-corrected chi connectivity index (χ3v) is 5.14. The van der Waals surface area contributed by atoms with Gasteiger partial charge in [0.25, 0.3) is 5.91 Å². The Morgan fingerprint density at radius 1 is 1.00 bits per heavy atom. The lowest BCUT2D eigenvalue weighted by atomic mass is 10.2. The van der Waals surface area contributed by atoms with E-state index in [-0.39, 0.29) is 18.3 Å². The normalized spacial score (nSPS) is 10.8. The van der Waals surface area contributed by atoms with Crippen LogP contribution in [0.3, 0.4) is 0 Å². The topological polar surface area (TPSA) is 69.3 Å². The molecular weight excluding hydrogens is 390 g/mol. The predicted octanol–water partition coefficient (Wildman–Crippen LogP) is 4.65. The van der Waals surface area contributed by atoms with Gasteiger partial charge in [-0.3, -0.25) is 9.48 Å². The molecule has 31 heavy (non-hydrogen) atoms. The zero-order chi connectivity index (χ0) is 21.6. The summed E-state index contributed by atoms with van der Waals surface area (Å²) >= 11 is 0. The second kappa shape index (κ2) is 9.34. The zero-order valence-electron chi connectivity index (χ0n) is 17.7. The number of aromatic nitrogens is 2. The Balaban J connectivity index is 1.35. The third-order valence-electron chi connectivity index (χ3n) is 5.14. The molecule has 0 unspecified atom stereocenters. The van der Waals surface area contributed by atoms with Gasteiger partial charge in [0.15, 0.2) is 5.76 Å². The first kappa shape index (κ1) is 20.5. The number of furan rings is 1. The number of benzene rings is 2. The first-order chi connectivity index (χ1) is 15.1. The highest BCUT2D eigenvalue weighted by molar-refractivity contribution is 5.91. The molecule has 0 spiro atoms. The minimum Gasteiger partial charge on any atom is -0.486 e. The van der Waals surface area contributed by atoms with Gasteiger partial charge in [-0.2, -0.15) is 5.10 Å². The zero-order valence-corrected chi connectivity index (χ0v) is 17.7. The van der Waals surface area contributed by atoms with Crippen LogP contribution in [0.4, 0.5) is 0 Å². The number of nitrogens with one attached hydrogen (secondary N) is 1. The maximum atomic E-state index is 12.6. The van der Waals surface area contributed by atoms with E-state index in [2.05, 4.69) is 22.5 Å². The summed E-state index contributed by atoms with van der Waals surface area (Å²) in [7, 11) is 0. The molecule has 0 fully saturated rings. The number of aryl methyl sites for hydroxylation is 1. The smallest absolute Gasteiger partial charge is 0.287 e. The Labute approximate surface area is 181 Å². The number of ether oxygens (including phenoxy) is 1. The largest absolute Gasteiger partial charge is 0.486 e. The molecule has 2 aromatic carbocycles. The van der Waals surface area contributed by atoms with E-state index in [1.165, 1.54) is 5.56 Å². The van der Waals surface area contributed by atoms with E-state index in [1.807, 2.05) is 67.1 Å². The Bertz CT molecular complexity index is 1150. The minimum atomic E-state index is -0.263. The fourth-order valence-corrected chi connectivity index (χ4v) is 3.40. The Morgan fingerprint density at radius 3 is 2.45 bits per heavy atom. The van der Waals surface area contributed by atoms with Gasteiger partial charge >= 0.3 is 0 Å². The Kier molecular flexibility index (Phi) is 6.17. The highest BCUT2D eigenvalue weighted by Gasteiger charge is 2.15. The SMILES string of the molecule is Cc1nn(Cc2ccccc2)c(C)c1CNC(=O)c1ccc(COc2ccccc2)o1. The van der Waals surface area contributed by atoms with E-state index in [9.17, 15) is 4.79 Å². The Hall–Kier alpha value is -3.80. The number of carbonyl (C=O) groups is 1. The van der Waals surface area contributed by atoms with Crippen molar-refractivity contribution in [1.29, 1.82) is 0 Å². The van der Waals surface area contributed by atoms with Gasteiger partial charge in [-0.1, -0.05) is 48.5 Å². The summed E-state index contributed by atoms with van der Waals surface area (Å²) in [5.41, 5.74) is 4.15. The van der Waals surface area contributed by atoms with Crippen molar-refractivity contribution >= 4 is 5.91 Å². The van der Waals surface area contributed by atoms with Crippen LogP contribution in [0.25, 0.3) is 0 Å². The number of para-hydroxylation sites is 1. The lowest BCUT2D eigenvalue weighted by molar-refractivity contribution is 0.0919. The molecule has 2 aromatic heterocycles. The van der Waals surface area contributed by atoms with Crippen molar-refractivity contribution in [2.24, 2.45) is 0 Å². The molecular formula is C25H25N3O3. The van der Waals surface area contributed by atoms with Crippen LogP contribution in [0, 0.1) is 13.8 Å². The molecule has 1 N–H and O–H groups in total. The first-order valence-electron chi connectivity index (χ1n) is 10.2. The van der Waals surface area contributed by atoms with Crippen LogP contribution in [0.15, 0.2) is 77.2 Å². The Morgan fingerprint density at radius 2 is 1.71 bits per heavy atom. The van der Waals surface area contributed by atoms with Gasteiger partial charge in [0.2, 0.25) is 0 Å². The lowest BCUT2D eigenvalue weighted by Gasteiger charge is -2.07. The molecule has 0 aliphatic heterocycles. The molecule has 0 aliphatic carbocycles. The molecule has 4 aromatic rings. The van der Waals surface area contributed by atoms with Crippen molar-refractivity contribution in [2.75, 3.05) is 0 Å². The highest BCUT2D eigenvalue weighted by atomic mass is 16.5. The van der Waals surface area contributed by atoms with Crippen LogP contribution in [0.5, 0.6) is 5.75 Å². The first-order valence-corrected chi connectivity index (χ1v) is 10.2. The molecule has 2 heterocycles. The molecule has 0 atom stereocenters. The number of nitrogens with zero attached hydrogens (tertiary/aromatic N) is 2. The summed E-state index contributed by atoms with van der Waals surface area (Å²) in [5, 5.41) is 7.57. The minimum absolute atomic E-state index is 0.263. The second-order valence-electron chi connectivity index (χ2n) is 7.34. The summed E-state index contributed by atoms with van der Waals surface area (Å²) < 4.78 is 13.3. The number of hydrogen-bond acceptors (Lipinski definition) is 4. The molecule has 0 saturated carbocycles. The van der Waals surface area contributed by atoms with Gasteiger partial charge in [0, 0.05) is 17.8 Å². The third kappa shape index (κ3) is 5.04. The fourth-order valence-electron chi connectivity index (χ4n) is 3.40. The molecule has 4 rings (SSSR count). The summed E-state index contributed by atoms with van der Waals surface area (Å²) in [6.07, 6.45) is 0. The standard InChI is InChI=1S/C25H25N3O3/c1-18-23(19(2)28(27-18)16-20-9-5-3-6-10-20)15-26-25(29)24-14-13-22(31-24)17-30-21-11-7-4-8-12-21/h3-14H,15-17H2,1-2H3,(H,26,29). The number of rotatable bonds is 8. The van der Waals surface area contributed by atoms with E-state index in [0.717, 1.165) is 22.7 Å². The molecule has 0 aliphatic rings. The predicted molar refractivity (Wildman–Crippen MR) is 118 cm³/mol. The summed E-state index contributed by atoms with van der Waals surface area (Å²) in [6, 6.07) is 23.1. The summed E-state index contributed by atoms with van der Waals surface area (Å²) in [5.74, 6) is 1.35. The lowest BCUT2D eigenvalue weighted by Crippen LogP contribution is -2.23. The quantitative estimate of drug-likeness (QED) is 0.455. The highest BCUT2D eigenvalue weighted by Crippen LogP contribution is 2.16. The maximum Gasteiger partial charge on any atom is 0.287 e. The van der Waals surface area contributed by atoms with Crippen LogP contribution >= 0.6 is 0 Å². The van der Waals surface area contributed by atoms with Crippen LogP contribution in [0.2, 0.25) is 0 Å². The fraction of sp³-hybridized carbons (Fsp3) is 0.200. The molecule has 0 radical (unpaired) electrons. The van der Waals surface area contributed by atoms with Crippen LogP contribution in [-0.4, -0.2) is 15.7 Å². The van der Waals surface area contributed by atoms with Gasteiger partial charge < -0.3 is 14.5 Å². The van der Waals surface area contributed by atoms with Gasteiger partial charge in [-0.25, -0.2) is 0 Å². The second-order valence-corrected chi connectivity index (χ2v) is 7.34. The number of hydrogen-bond donors (Lipinski definition) is 1. The number of carbonyl (C=O) groups excluding carboxylic acids is 1. The molecule has 0 bridgehead atoms. The van der Waals surface area contributed by atoms with Crippen molar-refractivity contribution in [3.05, 3.63) is 107 Å².